The second-order valence-corrected chi connectivity index (χ2v) is 3.76. The van der Waals surface area contributed by atoms with Gasteiger partial charge in [-0.05, 0) is 24.6 Å². The van der Waals surface area contributed by atoms with E-state index in [1.807, 2.05) is 0 Å². The van der Waals surface area contributed by atoms with Crippen molar-refractivity contribution in [3.05, 3.63) is 28.8 Å². The van der Waals surface area contributed by atoms with E-state index in [0.29, 0.717) is 22.8 Å². The largest absolute Gasteiger partial charge is 0.399 e. The van der Waals surface area contributed by atoms with Crippen LogP contribution >= 0.6 is 11.6 Å². The van der Waals surface area contributed by atoms with Crippen molar-refractivity contribution >= 4 is 23.2 Å². The molecule has 0 aliphatic heterocycles. The zero-order chi connectivity index (χ0) is 11.3. The van der Waals surface area contributed by atoms with Crippen molar-refractivity contribution in [2.24, 2.45) is 0 Å². The smallest absolute Gasteiger partial charge is 0.252 e. The van der Waals surface area contributed by atoms with E-state index in [0.717, 1.165) is 12.8 Å². The number of nitrogens with one attached hydrogen (secondary N) is 1. The first-order valence-electron chi connectivity index (χ1n) is 4.98. The predicted molar refractivity (Wildman–Crippen MR) is 63.1 cm³/mol. The summed E-state index contributed by atoms with van der Waals surface area (Å²) in [6.45, 7) is 2.75. The molecule has 0 radical (unpaired) electrons. The van der Waals surface area contributed by atoms with Crippen LogP contribution in [0.5, 0.6) is 0 Å². The van der Waals surface area contributed by atoms with E-state index in [2.05, 4.69) is 12.2 Å². The van der Waals surface area contributed by atoms with Crippen molar-refractivity contribution in [1.29, 1.82) is 0 Å². The topological polar surface area (TPSA) is 55.1 Å². The number of carbonyl (C=O) groups is 1. The molecule has 1 aromatic rings. The lowest BCUT2D eigenvalue weighted by atomic mass is 10.2. The summed E-state index contributed by atoms with van der Waals surface area (Å²) < 4.78 is 0. The number of halogens is 1. The number of benzene rings is 1. The maximum atomic E-state index is 11.6. The lowest BCUT2D eigenvalue weighted by molar-refractivity contribution is 0.0953. The zero-order valence-corrected chi connectivity index (χ0v) is 9.47. The van der Waals surface area contributed by atoms with Gasteiger partial charge in [0.25, 0.3) is 5.91 Å². The highest BCUT2D eigenvalue weighted by Crippen LogP contribution is 2.18. The molecule has 1 rings (SSSR count). The molecule has 0 atom stereocenters. The van der Waals surface area contributed by atoms with Crippen molar-refractivity contribution < 1.29 is 4.79 Å². The van der Waals surface area contributed by atoms with Crippen LogP contribution in [-0.2, 0) is 0 Å². The number of nitrogens with two attached hydrogens (primary N) is 1. The fourth-order valence-electron chi connectivity index (χ4n) is 1.19. The SMILES string of the molecule is CCCCNC(=O)c1ccc(N)cc1Cl. The van der Waals surface area contributed by atoms with E-state index in [1.54, 1.807) is 18.2 Å². The van der Waals surface area contributed by atoms with Crippen molar-refractivity contribution in [1.82, 2.24) is 5.32 Å². The van der Waals surface area contributed by atoms with E-state index < -0.39 is 0 Å². The predicted octanol–water partition coefficient (Wildman–Crippen LogP) is 2.45. The van der Waals surface area contributed by atoms with Crippen LogP contribution in [0.15, 0.2) is 18.2 Å². The summed E-state index contributed by atoms with van der Waals surface area (Å²) in [6, 6.07) is 4.88. The van der Waals surface area contributed by atoms with Gasteiger partial charge >= 0.3 is 0 Å². The summed E-state index contributed by atoms with van der Waals surface area (Å²) >= 11 is 5.90. The van der Waals surface area contributed by atoms with Gasteiger partial charge in [0.15, 0.2) is 0 Å². The minimum absolute atomic E-state index is 0.145. The molecular formula is C11H15ClN2O. The van der Waals surface area contributed by atoms with Crippen molar-refractivity contribution in [2.45, 2.75) is 19.8 Å². The molecule has 1 aromatic carbocycles. The Kier molecular flexibility index (Phi) is 4.43. The Morgan fingerprint density at radius 3 is 2.87 bits per heavy atom. The van der Waals surface area contributed by atoms with Gasteiger partial charge < -0.3 is 11.1 Å². The van der Waals surface area contributed by atoms with Crippen LogP contribution in [0.25, 0.3) is 0 Å². The molecule has 0 spiro atoms. The number of anilines is 1. The van der Waals surface area contributed by atoms with Gasteiger partial charge in [-0.2, -0.15) is 0 Å². The molecule has 0 saturated carbocycles. The van der Waals surface area contributed by atoms with E-state index in [1.165, 1.54) is 0 Å². The third-order valence-corrected chi connectivity index (χ3v) is 2.37. The Morgan fingerprint density at radius 2 is 2.27 bits per heavy atom. The third-order valence-electron chi connectivity index (χ3n) is 2.05. The molecule has 0 aliphatic rings. The molecule has 0 fully saturated rings. The van der Waals surface area contributed by atoms with Gasteiger partial charge in [0.1, 0.15) is 0 Å². The molecule has 3 nitrogen and oxygen atoms in total. The lowest BCUT2D eigenvalue weighted by Crippen LogP contribution is -2.24. The van der Waals surface area contributed by atoms with E-state index in [9.17, 15) is 4.79 Å². The second-order valence-electron chi connectivity index (χ2n) is 3.35. The molecule has 0 aromatic heterocycles. The maximum Gasteiger partial charge on any atom is 0.252 e. The molecule has 0 saturated heterocycles. The number of rotatable bonds is 4. The number of hydrogen-bond acceptors (Lipinski definition) is 2. The molecule has 4 heteroatoms. The van der Waals surface area contributed by atoms with E-state index in [4.69, 9.17) is 17.3 Å². The highest BCUT2D eigenvalue weighted by molar-refractivity contribution is 6.34. The number of carbonyl (C=O) groups excluding carboxylic acids is 1. The summed E-state index contributed by atoms with van der Waals surface area (Å²) in [5.74, 6) is -0.145. The van der Waals surface area contributed by atoms with Gasteiger partial charge in [-0.1, -0.05) is 24.9 Å². The van der Waals surface area contributed by atoms with Crippen LogP contribution < -0.4 is 11.1 Å². The van der Waals surface area contributed by atoms with Crippen molar-refractivity contribution in [3.8, 4) is 0 Å². The number of nitrogen functional groups attached to an aromatic ring is 1. The minimum Gasteiger partial charge on any atom is -0.399 e. The quantitative estimate of drug-likeness (QED) is 0.612. The number of unbranched alkanes of at least 4 members (excludes halogenated alkanes) is 1. The summed E-state index contributed by atoms with van der Waals surface area (Å²) in [4.78, 5) is 11.6. The van der Waals surface area contributed by atoms with E-state index >= 15 is 0 Å². The molecule has 0 bridgehead atoms. The normalized spacial score (nSPS) is 10.0. The molecule has 15 heavy (non-hydrogen) atoms. The van der Waals surface area contributed by atoms with Gasteiger partial charge in [0.05, 0.1) is 10.6 Å². The summed E-state index contributed by atoms with van der Waals surface area (Å²) in [6.07, 6.45) is 2.02. The van der Waals surface area contributed by atoms with Crippen LogP contribution in [0.4, 0.5) is 5.69 Å². The Labute approximate surface area is 94.6 Å². The van der Waals surface area contributed by atoms with Gasteiger partial charge in [-0.25, -0.2) is 0 Å². The van der Waals surface area contributed by atoms with Gasteiger partial charge in [0.2, 0.25) is 0 Å². The van der Waals surface area contributed by atoms with Gasteiger partial charge in [-0.15, -0.1) is 0 Å². The third kappa shape index (κ3) is 3.44. The number of hydrogen-bond donors (Lipinski definition) is 2. The molecule has 82 valence electrons. The summed E-state index contributed by atoms with van der Waals surface area (Å²) in [5, 5.41) is 3.19. The first-order valence-corrected chi connectivity index (χ1v) is 5.36. The monoisotopic (exact) mass is 226 g/mol. The minimum atomic E-state index is -0.145. The fourth-order valence-corrected chi connectivity index (χ4v) is 1.46. The molecule has 3 N–H and O–H groups in total. The molecule has 0 aliphatic carbocycles. The second kappa shape index (κ2) is 5.61. The summed E-state index contributed by atoms with van der Waals surface area (Å²) in [7, 11) is 0. The fraction of sp³-hybridized carbons (Fsp3) is 0.364. The molecule has 1 amide bonds. The van der Waals surface area contributed by atoms with Crippen molar-refractivity contribution in [3.63, 3.8) is 0 Å². The standard InChI is InChI=1S/C11H15ClN2O/c1-2-3-6-14-11(15)9-5-4-8(13)7-10(9)12/h4-5,7H,2-3,6,13H2,1H3,(H,14,15). The van der Waals surface area contributed by atoms with Crippen LogP contribution in [-0.4, -0.2) is 12.5 Å². The summed E-state index contributed by atoms with van der Waals surface area (Å²) in [5.41, 5.74) is 6.57. The zero-order valence-electron chi connectivity index (χ0n) is 8.72. The average Bonchev–Trinajstić information content (AvgIpc) is 2.17. The highest BCUT2D eigenvalue weighted by atomic mass is 35.5. The van der Waals surface area contributed by atoms with Gasteiger partial charge in [-0.3, -0.25) is 4.79 Å². The lowest BCUT2D eigenvalue weighted by Gasteiger charge is -2.06. The van der Waals surface area contributed by atoms with Gasteiger partial charge in [0, 0.05) is 12.2 Å². The first-order chi connectivity index (χ1) is 7.15. The van der Waals surface area contributed by atoms with Crippen molar-refractivity contribution in [2.75, 3.05) is 12.3 Å². The Balaban J connectivity index is 2.65. The van der Waals surface area contributed by atoms with Crippen LogP contribution in [0.2, 0.25) is 5.02 Å². The molecule has 0 heterocycles. The Hall–Kier alpha value is -1.22. The average molecular weight is 227 g/mol. The van der Waals surface area contributed by atoms with E-state index in [-0.39, 0.29) is 5.91 Å². The Morgan fingerprint density at radius 1 is 1.53 bits per heavy atom. The first kappa shape index (κ1) is 11.9. The highest BCUT2D eigenvalue weighted by Gasteiger charge is 2.09. The molecule has 0 unspecified atom stereocenters. The molecular weight excluding hydrogens is 212 g/mol. The van der Waals surface area contributed by atoms with Crippen LogP contribution in [0.3, 0.4) is 0 Å². The van der Waals surface area contributed by atoms with Crippen LogP contribution in [0, 0.1) is 0 Å². The number of amides is 1. The van der Waals surface area contributed by atoms with Crippen LogP contribution in [0.1, 0.15) is 30.1 Å². The Bertz CT molecular complexity index is 352. The maximum absolute atomic E-state index is 11.6.